The minimum absolute atomic E-state index is 0.145. The first-order chi connectivity index (χ1) is 11.8. The van der Waals surface area contributed by atoms with E-state index in [1.807, 2.05) is 0 Å². The van der Waals surface area contributed by atoms with E-state index in [-0.39, 0.29) is 23.0 Å². The monoisotopic (exact) mass is 386 g/mol. The smallest absolute Gasteiger partial charge is 0.322 e. The zero-order valence-corrected chi connectivity index (χ0v) is 14.1. The Kier molecular flexibility index (Phi) is 4.44. The molecule has 25 heavy (non-hydrogen) atoms. The van der Waals surface area contributed by atoms with Gasteiger partial charge in [-0.2, -0.15) is 0 Å². The summed E-state index contributed by atoms with van der Waals surface area (Å²) in [6.45, 7) is -0.386. The number of carbonyl (C=O) groups excluding carboxylic acids is 1. The van der Waals surface area contributed by atoms with E-state index in [0.29, 0.717) is 16.7 Å². The van der Waals surface area contributed by atoms with E-state index < -0.39 is 35.6 Å². The number of amides is 1. The molecule has 1 aromatic heterocycles. The highest BCUT2D eigenvalue weighted by molar-refractivity contribution is 6.45. The van der Waals surface area contributed by atoms with Crippen LogP contribution in [-0.4, -0.2) is 39.6 Å². The predicted octanol–water partition coefficient (Wildman–Crippen LogP) is 0.554. The number of aliphatic carboxylic acids is 1. The Balaban J connectivity index is 2.10. The second-order valence-electron chi connectivity index (χ2n) is 5.48. The van der Waals surface area contributed by atoms with Crippen LogP contribution in [-0.2, 0) is 9.59 Å². The maximum atomic E-state index is 12.3. The summed E-state index contributed by atoms with van der Waals surface area (Å²) >= 11 is 12.2. The van der Waals surface area contributed by atoms with Crippen LogP contribution >= 0.6 is 23.2 Å². The largest absolute Gasteiger partial charge is 0.480 e. The number of aromatic nitrogens is 2. The molecule has 1 aromatic carbocycles. The molecule has 0 saturated carbocycles. The lowest BCUT2D eigenvalue weighted by molar-refractivity contribution is -0.138. The molecule has 0 fully saturated rings. The summed E-state index contributed by atoms with van der Waals surface area (Å²) in [4.78, 5) is 49.1. The third-order valence-electron chi connectivity index (χ3n) is 3.83. The summed E-state index contributed by atoms with van der Waals surface area (Å²) in [6, 6.07) is 0.741. The minimum Gasteiger partial charge on any atom is -0.480 e. The van der Waals surface area contributed by atoms with Crippen LogP contribution in [0.4, 0.5) is 5.69 Å². The van der Waals surface area contributed by atoms with Gasteiger partial charge in [-0.15, -0.1) is 0 Å². The number of carboxylic acids is 1. The van der Waals surface area contributed by atoms with Crippen LogP contribution in [0.2, 0.25) is 10.0 Å². The number of carbonyl (C=O) groups is 2. The second-order valence-corrected chi connectivity index (χ2v) is 6.27. The van der Waals surface area contributed by atoms with Crippen molar-refractivity contribution in [2.75, 3.05) is 18.4 Å². The highest BCUT2D eigenvalue weighted by Gasteiger charge is 2.28. The molecular formula is C14H12Cl2N4O5. The average molecular weight is 387 g/mol. The molecule has 1 atom stereocenters. The van der Waals surface area contributed by atoms with E-state index in [9.17, 15) is 19.2 Å². The molecule has 11 heteroatoms. The van der Waals surface area contributed by atoms with Crippen LogP contribution in [0.25, 0.3) is 11.0 Å². The van der Waals surface area contributed by atoms with Crippen molar-refractivity contribution in [3.05, 3.63) is 36.8 Å². The summed E-state index contributed by atoms with van der Waals surface area (Å²) < 4.78 is 1.20. The molecule has 1 unspecified atom stereocenters. The average Bonchev–Trinajstić information content (AvgIpc) is 2.55. The van der Waals surface area contributed by atoms with Crippen molar-refractivity contribution in [3.63, 3.8) is 0 Å². The fourth-order valence-corrected chi connectivity index (χ4v) is 3.21. The van der Waals surface area contributed by atoms with Crippen molar-refractivity contribution < 1.29 is 14.7 Å². The Bertz CT molecular complexity index is 1010. The van der Waals surface area contributed by atoms with Gasteiger partial charge >= 0.3 is 17.1 Å². The summed E-state index contributed by atoms with van der Waals surface area (Å²) in [7, 11) is 0. The number of hydrogen-bond donors (Lipinski definition) is 4. The Hall–Kier alpha value is -2.52. The van der Waals surface area contributed by atoms with Crippen LogP contribution < -0.4 is 21.8 Å². The number of H-pyrrole nitrogens is 1. The van der Waals surface area contributed by atoms with Crippen molar-refractivity contribution in [1.29, 1.82) is 0 Å². The van der Waals surface area contributed by atoms with Gasteiger partial charge in [-0.25, -0.2) is 0 Å². The van der Waals surface area contributed by atoms with Crippen LogP contribution in [0.3, 0.4) is 0 Å². The molecule has 0 bridgehead atoms. The summed E-state index contributed by atoms with van der Waals surface area (Å²) in [5, 5.41) is 14.2. The van der Waals surface area contributed by atoms with Crippen LogP contribution in [0, 0.1) is 0 Å². The lowest BCUT2D eigenvalue weighted by Crippen LogP contribution is -2.44. The number of rotatable bonds is 4. The van der Waals surface area contributed by atoms with Crippen molar-refractivity contribution in [2.24, 2.45) is 0 Å². The zero-order valence-electron chi connectivity index (χ0n) is 12.6. The number of carboxylic acid groups (broad SMARTS) is 1. The maximum Gasteiger partial charge on any atom is 0.322 e. The highest BCUT2D eigenvalue weighted by atomic mass is 35.5. The standard InChI is InChI=1S/C14H12Cl2N4O5/c15-6-2-7-12-11(10(6)16)18-3-5(1-8(21)17-4-9(22)23)20(12)14(25)13(24)19-7/h2,5,18H,1,3-4H2,(H,17,21)(H,19,24)(H,22,23). The molecule has 132 valence electrons. The fourth-order valence-electron chi connectivity index (χ4n) is 2.79. The predicted molar refractivity (Wildman–Crippen MR) is 91.6 cm³/mol. The molecule has 0 saturated heterocycles. The fraction of sp³-hybridized carbons (Fsp3) is 0.286. The molecule has 1 aliphatic rings. The van der Waals surface area contributed by atoms with Gasteiger partial charge in [0.05, 0.1) is 32.8 Å². The van der Waals surface area contributed by atoms with E-state index in [1.54, 1.807) is 0 Å². The molecule has 0 radical (unpaired) electrons. The molecule has 0 spiro atoms. The van der Waals surface area contributed by atoms with Gasteiger partial charge in [0.2, 0.25) is 5.91 Å². The first-order valence-electron chi connectivity index (χ1n) is 7.18. The van der Waals surface area contributed by atoms with Crippen LogP contribution in [0.1, 0.15) is 12.5 Å². The van der Waals surface area contributed by atoms with Gasteiger partial charge in [0.1, 0.15) is 6.54 Å². The Morgan fingerprint density at radius 3 is 2.76 bits per heavy atom. The number of aromatic amines is 1. The quantitative estimate of drug-likeness (QED) is 0.567. The molecule has 0 aliphatic carbocycles. The number of nitrogens with zero attached hydrogens (tertiary/aromatic N) is 1. The third kappa shape index (κ3) is 3.08. The van der Waals surface area contributed by atoms with Gasteiger partial charge < -0.3 is 20.7 Å². The number of halogens is 2. The normalized spacial score (nSPS) is 15.7. The van der Waals surface area contributed by atoms with Gasteiger partial charge in [0.15, 0.2) is 0 Å². The van der Waals surface area contributed by atoms with Gasteiger partial charge in [0.25, 0.3) is 0 Å². The second kappa shape index (κ2) is 6.41. The van der Waals surface area contributed by atoms with Crippen molar-refractivity contribution >= 4 is 51.8 Å². The van der Waals surface area contributed by atoms with Gasteiger partial charge in [-0.1, -0.05) is 23.2 Å². The Morgan fingerprint density at radius 2 is 2.08 bits per heavy atom. The van der Waals surface area contributed by atoms with E-state index >= 15 is 0 Å². The number of hydrogen-bond acceptors (Lipinski definition) is 5. The molecule has 9 nitrogen and oxygen atoms in total. The molecule has 4 N–H and O–H groups in total. The maximum absolute atomic E-state index is 12.3. The third-order valence-corrected chi connectivity index (χ3v) is 4.62. The zero-order chi connectivity index (χ0) is 18.3. The number of benzene rings is 1. The summed E-state index contributed by atoms with van der Waals surface area (Å²) in [6.07, 6.45) is -0.182. The lowest BCUT2D eigenvalue weighted by atomic mass is 10.1. The molecule has 3 rings (SSSR count). The van der Waals surface area contributed by atoms with E-state index in [2.05, 4.69) is 15.6 Å². The van der Waals surface area contributed by atoms with Crippen molar-refractivity contribution in [1.82, 2.24) is 14.9 Å². The van der Waals surface area contributed by atoms with E-state index in [4.69, 9.17) is 28.3 Å². The lowest BCUT2D eigenvalue weighted by Gasteiger charge is -2.29. The van der Waals surface area contributed by atoms with Crippen molar-refractivity contribution in [3.8, 4) is 0 Å². The molecule has 2 heterocycles. The van der Waals surface area contributed by atoms with Gasteiger partial charge in [-0.05, 0) is 6.07 Å². The van der Waals surface area contributed by atoms with Gasteiger partial charge in [0, 0.05) is 13.0 Å². The molecule has 2 aromatic rings. The Morgan fingerprint density at radius 1 is 1.36 bits per heavy atom. The van der Waals surface area contributed by atoms with Crippen LogP contribution in [0.15, 0.2) is 15.7 Å². The van der Waals surface area contributed by atoms with E-state index in [0.717, 1.165) is 0 Å². The number of nitrogens with one attached hydrogen (secondary N) is 3. The molecule has 1 aliphatic heterocycles. The van der Waals surface area contributed by atoms with Crippen molar-refractivity contribution in [2.45, 2.75) is 12.5 Å². The summed E-state index contributed by atoms with van der Waals surface area (Å²) in [5.41, 5.74) is -0.655. The molecule has 1 amide bonds. The number of anilines is 1. The SMILES string of the molecule is O=C(O)CNC(=O)CC1CNc2c(Cl)c(Cl)cc3[nH]c(=O)c(=O)n1c23. The molecular weight excluding hydrogens is 375 g/mol. The topological polar surface area (TPSA) is 133 Å². The van der Waals surface area contributed by atoms with Gasteiger partial charge in [-0.3, -0.25) is 23.7 Å². The Labute approximate surface area is 149 Å². The minimum atomic E-state index is -1.18. The first kappa shape index (κ1) is 17.3. The highest BCUT2D eigenvalue weighted by Crippen LogP contribution is 2.39. The first-order valence-corrected chi connectivity index (χ1v) is 7.94. The van der Waals surface area contributed by atoms with Crippen LogP contribution in [0.5, 0.6) is 0 Å². The summed E-state index contributed by atoms with van der Waals surface area (Å²) in [5.74, 6) is -1.74. The van der Waals surface area contributed by atoms with E-state index in [1.165, 1.54) is 10.6 Å².